The van der Waals surface area contributed by atoms with Crippen LogP contribution < -0.4 is 4.74 Å². The number of aromatic amines is 1. The molecule has 2 rings (SSSR count). The highest BCUT2D eigenvalue weighted by Gasteiger charge is 2.13. The van der Waals surface area contributed by atoms with Crippen LogP contribution in [0.2, 0.25) is 10.0 Å². The first-order valence-corrected chi connectivity index (χ1v) is 5.57. The van der Waals surface area contributed by atoms with Crippen LogP contribution in [0.4, 0.5) is 0 Å². The number of nitrogens with one attached hydrogen (secondary N) is 1. The molecule has 0 atom stereocenters. The lowest BCUT2D eigenvalue weighted by Crippen LogP contribution is -1.85. The van der Waals surface area contributed by atoms with Crippen LogP contribution in [0.5, 0.6) is 5.75 Å². The van der Waals surface area contributed by atoms with Crippen molar-refractivity contribution in [3.8, 4) is 17.0 Å². The average Bonchev–Trinajstić information content (AvgIpc) is 2.64. The molecular formula is C12H11Cl2NO. The molecule has 0 saturated carbocycles. The molecule has 0 fully saturated rings. The van der Waals surface area contributed by atoms with Crippen LogP contribution in [0.3, 0.4) is 0 Å². The highest BCUT2D eigenvalue weighted by Crippen LogP contribution is 2.36. The summed E-state index contributed by atoms with van der Waals surface area (Å²) >= 11 is 12.1. The van der Waals surface area contributed by atoms with E-state index in [1.165, 1.54) is 0 Å². The number of halogens is 2. The molecule has 1 heterocycles. The van der Waals surface area contributed by atoms with Gasteiger partial charge in [0.15, 0.2) is 0 Å². The van der Waals surface area contributed by atoms with Gasteiger partial charge in [-0.1, -0.05) is 35.3 Å². The molecule has 1 aromatic heterocycles. The van der Waals surface area contributed by atoms with Gasteiger partial charge in [-0.05, 0) is 13.0 Å². The van der Waals surface area contributed by atoms with Crippen molar-refractivity contribution in [2.24, 2.45) is 0 Å². The SMILES string of the molecule is COc1c[nH]c(-c2cccc(Cl)c2Cl)c1C. The molecular weight excluding hydrogens is 245 g/mol. The number of H-pyrrole nitrogens is 1. The number of hydrogen-bond donors (Lipinski definition) is 1. The summed E-state index contributed by atoms with van der Waals surface area (Å²) in [4.78, 5) is 3.14. The van der Waals surface area contributed by atoms with E-state index in [2.05, 4.69) is 4.98 Å². The molecule has 16 heavy (non-hydrogen) atoms. The predicted octanol–water partition coefficient (Wildman–Crippen LogP) is 4.31. The zero-order valence-corrected chi connectivity index (χ0v) is 10.5. The second-order valence-electron chi connectivity index (χ2n) is 3.46. The smallest absolute Gasteiger partial charge is 0.139 e. The van der Waals surface area contributed by atoms with Gasteiger partial charge in [0.05, 0.1) is 22.8 Å². The van der Waals surface area contributed by atoms with E-state index >= 15 is 0 Å². The summed E-state index contributed by atoms with van der Waals surface area (Å²) in [5.41, 5.74) is 2.84. The molecule has 4 heteroatoms. The van der Waals surface area contributed by atoms with Crippen molar-refractivity contribution in [1.29, 1.82) is 0 Å². The lowest BCUT2D eigenvalue weighted by molar-refractivity contribution is 0.412. The van der Waals surface area contributed by atoms with E-state index < -0.39 is 0 Å². The van der Waals surface area contributed by atoms with Gasteiger partial charge in [0, 0.05) is 17.3 Å². The third-order valence-corrected chi connectivity index (χ3v) is 3.35. The summed E-state index contributed by atoms with van der Waals surface area (Å²) in [7, 11) is 1.64. The molecule has 0 saturated heterocycles. The topological polar surface area (TPSA) is 25.0 Å². The van der Waals surface area contributed by atoms with Gasteiger partial charge in [-0.2, -0.15) is 0 Å². The van der Waals surface area contributed by atoms with Crippen LogP contribution in [0.25, 0.3) is 11.3 Å². The Balaban J connectivity index is 2.59. The maximum atomic E-state index is 6.16. The Morgan fingerprint density at radius 3 is 2.62 bits per heavy atom. The van der Waals surface area contributed by atoms with Crippen LogP contribution in [0, 0.1) is 6.92 Å². The molecule has 2 nitrogen and oxygen atoms in total. The third-order valence-electron chi connectivity index (χ3n) is 2.53. The van der Waals surface area contributed by atoms with Gasteiger partial charge in [0.25, 0.3) is 0 Å². The summed E-state index contributed by atoms with van der Waals surface area (Å²) in [5.74, 6) is 0.811. The van der Waals surface area contributed by atoms with Gasteiger partial charge in [-0.15, -0.1) is 0 Å². The Morgan fingerprint density at radius 2 is 2.00 bits per heavy atom. The normalized spacial score (nSPS) is 10.5. The monoisotopic (exact) mass is 255 g/mol. The lowest BCUT2D eigenvalue weighted by atomic mass is 10.1. The van der Waals surface area contributed by atoms with Gasteiger partial charge >= 0.3 is 0 Å². The fourth-order valence-corrected chi connectivity index (χ4v) is 2.06. The molecule has 0 amide bonds. The van der Waals surface area contributed by atoms with E-state index in [4.69, 9.17) is 27.9 Å². The highest BCUT2D eigenvalue weighted by atomic mass is 35.5. The van der Waals surface area contributed by atoms with Gasteiger partial charge in [0.2, 0.25) is 0 Å². The van der Waals surface area contributed by atoms with Gasteiger partial charge in [0.1, 0.15) is 5.75 Å². The van der Waals surface area contributed by atoms with Crippen molar-refractivity contribution in [1.82, 2.24) is 4.98 Å². The molecule has 84 valence electrons. The number of rotatable bonds is 2. The minimum absolute atomic E-state index is 0.548. The van der Waals surface area contributed by atoms with E-state index in [1.54, 1.807) is 13.2 Å². The van der Waals surface area contributed by atoms with Crippen LogP contribution in [0.15, 0.2) is 24.4 Å². The third kappa shape index (κ3) is 1.79. The molecule has 2 aromatic rings. The lowest BCUT2D eigenvalue weighted by Gasteiger charge is -2.05. The molecule has 0 spiro atoms. The van der Waals surface area contributed by atoms with Crippen molar-refractivity contribution in [2.75, 3.05) is 7.11 Å². The quantitative estimate of drug-likeness (QED) is 0.851. The molecule has 1 N–H and O–H groups in total. The van der Waals surface area contributed by atoms with Gasteiger partial charge in [-0.3, -0.25) is 0 Å². The van der Waals surface area contributed by atoms with Crippen molar-refractivity contribution >= 4 is 23.2 Å². The van der Waals surface area contributed by atoms with Crippen molar-refractivity contribution in [3.05, 3.63) is 40.0 Å². The number of aromatic nitrogens is 1. The number of ether oxygens (including phenoxy) is 1. The molecule has 0 bridgehead atoms. The van der Waals surface area contributed by atoms with E-state index in [0.29, 0.717) is 10.0 Å². The first-order chi connectivity index (χ1) is 7.65. The largest absolute Gasteiger partial charge is 0.495 e. The second kappa shape index (κ2) is 4.40. The van der Waals surface area contributed by atoms with Crippen LogP contribution in [-0.2, 0) is 0 Å². The Bertz CT molecular complexity index is 520. The minimum atomic E-state index is 0.548. The number of methoxy groups -OCH3 is 1. The predicted molar refractivity (Wildman–Crippen MR) is 67.5 cm³/mol. The highest BCUT2D eigenvalue weighted by molar-refractivity contribution is 6.43. The standard InChI is InChI=1S/C12H11Cl2NO/c1-7-10(16-2)6-15-12(7)8-4-3-5-9(13)11(8)14/h3-6,15H,1-2H3. The number of hydrogen-bond acceptors (Lipinski definition) is 1. The van der Waals surface area contributed by atoms with Crippen molar-refractivity contribution in [2.45, 2.75) is 6.92 Å². The number of benzene rings is 1. The molecule has 0 aliphatic heterocycles. The molecule has 0 aliphatic carbocycles. The second-order valence-corrected chi connectivity index (χ2v) is 4.24. The van der Waals surface area contributed by atoms with Crippen LogP contribution in [0.1, 0.15) is 5.56 Å². The zero-order chi connectivity index (χ0) is 11.7. The first-order valence-electron chi connectivity index (χ1n) is 4.81. The summed E-state index contributed by atoms with van der Waals surface area (Å²) in [5, 5.41) is 1.10. The fourth-order valence-electron chi connectivity index (χ4n) is 1.67. The minimum Gasteiger partial charge on any atom is -0.495 e. The maximum absolute atomic E-state index is 6.16. The first kappa shape index (κ1) is 11.4. The van der Waals surface area contributed by atoms with Crippen LogP contribution >= 0.6 is 23.2 Å². The molecule has 0 unspecified atom stereocenters. The molecule has 0 radical (unpaired) electrons. The van der Waals surface area contributed by atoms with E-state index in [1.807, 2.05) is 25.3 Å². The summed E-state index contributed by atoms with van der Waals surface area (Å²) < 4.78 is 5.21. The van der Waals surface area contributed by atoms with Crippen molar-refractivity contribution < 1.29 is 4.74 Å². The van der Waals surface area contributed by atoms with Crippen molar-refractivity contribution in [3.63, 3.8) is 0 Å². The van der Waals surface area contributed by atoms with E-state index in [0.717, 1.165) is 22.6 Å². The summed E-state index contributed by atoms with van der Waals surface area (Å²) in [6.07, 6.45) is 1.81. The summed E-state index contributed by atoms with van der Waals surface area (Å²) in [6, 6.07) is 5.56. The Hall–Kier alpha value is -1.12. The van der Waals surface area contributed by atoms with Gasteiger partial charge in [-0.25, -0.2) is 0 Å². The Kier molecular flexibility index (Phi) is 3.13. The van der Waals surface area contributed by atoms with E-state index in [-0.39, 0.29) is 0 Å². The zero-order valence-electron chi connectivity index (χ0n) is 8.97. The van der Waals surface area contributed by atoms with Crippen LogP contribution in [-0.4, -0.2) is 12.1 Å². The average molecular weight is 256 g/mol. The maximum Gasteiger partial charge on any atom is 0.139 e. The molecule has 1 aromatic carbocycles. The van der Waals surface area contributed by atoms with Gasteiger partial charge < -0.3 is 9.72 Å². The molecule has 0 aliphatic rings. The Labute approximate surface area is 104 Å². The van der Waals surface area contributed by atoms with E-state index in [9.17, 15) is 0 Å². The summed E-state index contributed by atoms with van der Waals surface area (Å²) in [6.45, 7) is 1.97. The Morgan fingerprint density at radius 1 is 1.25 bits per heavy atom. The fraction of sp³-hybridized carbons (Fsp3) is 0.167.